The zero-order valence-electron chi connectivity index (χ0n) is 25.2. The molecule has 0 radical (unpaired) electrons. The number of ether oxygens (including phenoxy) is 2. The lowest BCUT2D eigenvalue weighted by molar-refractivity contribution is -0.274. The van der Waals surface area contributed by atoms with Crippen LogP contribution in [0.5, 0.6) is 11.5 Å². The second-order valence-electron chi connectivity index (χ2n) is 11.4. The summed E-state index contributed by atoms with van der Waals surface area (Å²) in [6, 6.07) is 18.8. The lowest BCUT2D eigenvalue weighted by atomic mass is 10.00. The van der Waals surface area contributed by atoms with Gasteiger partial charge in [-0.05, 0) is 65.6 Å². The molecule has 2 aliphatic rings. The first-order chi connectivity index (χ1) is 22.0. The summed E-state index contributed by atoms with van der Waals surface area (Å²) in [5, 5.41) is 4.85. The van der Waals surface area contributed by atoms with E-state index in [2.05, 4.69) is 19.8 Å². The Morgan fingerprint density at radius 2 is 1.78 bits per heavy atom. The molecule has 1 aliphatic heterocycles. The molecular formula is C33H30F3N5O4S. The summed E-state index contributed by atoms with van der Waals surface area (Å²) >= 11 is 1.27. The van der Waals surface area contributed by atoms with Crippen molar-refractivity contribution in [2.75, 3.05) is 17.8 Å². The Bertz CT molecular complexity index is 1790. The number of rotatable bonds is 9. The molecule has 1 aliphatic carbocycles. The van der Waals surface area contributed by atoms with E-state index in [1.165, 1.54) is 51.9 Å². The zero-order valence-corrected chi connectivity index (χ0v) is 26.0. The molecule has 46 heavy (non-hydrogen) atoms. The first-order valence-electron chi connectivity index (χ1n) is 14.6. The van der Waals surface area contributed by atoms with Gasteiger partial charge >= 0.3 is 6.36 Å². The Morgan fingerprint density at radius 1 is 1.07 bits per heavy atom. The Balaban J connectivity index is 1.09. The van der Waals surface area contributed by atoms with E-state index in [-0.39, 0.29) is 47.5 Å². The SMILES string of the molecule is COc1ccc(C(C)C)c(N2C(=O)CSC2=NC(=O)CC2CC2c2ccc(-c3ncn(-c4ccc(OC(F)(F)F)cc4)n3)cc2)c1. The quantitative estimate of drug-likeness (QED) is 0.190. The number of thioether (sulfide) groups is 1. The number of benzene rings is 3. The highest BCUT2D eigenvalue weighted by atomic mass is 32.2. The van der Waals surface area contributed by atoms with Gasteiger partial charge in [-0.15, -0.1) is 18.3 Å². The third kappa shape index (κ3) is 6.94. The van der Waals surface area contributed by atoms with Crippen molar-refractivity contribution in [1.82, 2.24) is 14.8 Å². The first kappa shape index (κ1) is 31.3. The second-order valence-corrected chi connectivity index (χ2v) is 12.3. The topological polar surface area (TPSA) is 98.9 Å². The average molecular weight is 650 g/mol. The van der Waals surface area contributed by atoms with Crippen LogP contribution >= 0.6 is 11.8 Å². The van der Waals surface area contributed by atoms with Gasteiger partial charge in [-0.25, -0.2) is 9.67 Å². The van der Waals surface area contributed by atoms with Crippen LogP contribution in [0.15, 0.2) is 78.0 Å². The van der Waals surface area contributed by atoms with E-state index in [9.17, 15) is 22.8 Å². The van der Waals surface area contributed by atoms with Crippen molar-refractivity contribution in [3.05, 3.63) is 84.2 Å². The number of halogens is 3. The second kappa shape index (κ2) is 12.6. The van der Waals surface area contributed by atoms with Gasteiger partial charge in [0.1, 0.15) is 17.8 Å². The summed E-state index contributed by atoms with van der Waals surface area (Å²) in [7, 11) is 1.57. The van der Waals surface area contributed by atoms with E-state index in [1.807, 2.05) is 56.3 Å². The van der Waals surface area contributed by atoms with Crippen LogP contribution in [0.1, 0.15) is 49.7 Å². The summed E-state index contributed by atoms with van der Waals surface area (Å²) in [5.41, 5.74) is 4.07. The minimum Gasteiger partial charge on any atom is -0.497 e. The molecule has 2 atom stereocenters. The normalized spacial score (nSPS) is 18.8. The average Bonchev–Trinajstić information content (AvgIpc) is 3.42. The summed E-state index contributed by atoms with van der Waals surface area (Å²) in [4.78, 5) is 36.2. The van der Waals surface area contributed by atoms with E-state index in [0.29, 0.717) is 28.1 Å². The van der Waals surface area contributed by atoms with Crippen LogP contribution in [0.3, 0.4) is 0 Å². The van der Waals surface area contributed by atoms with Gasteiger partial charge < -0.3 is 9.47 Å². The fraction of sp³-hybridized carbons (Fsp3) is 0.303. The minimum absolute atomic E-state index is 0.121. The highest BCUT2D eigenvalue weighted by Crippen LogP contribution is 2.50. The van der Waals surface area contributed by atoms with Crippen LogP contribution in [0, 0.1) is 5.92 Å². The third-order valence-electron chi connectivity index (χ3n) is 7.87. The number of alkyl halides is 3. The van der Waals surface area contributed by atoms with Crippen LogP contribution in [0.25, 0.3) is 17.1 Å². The summed E-state index contributed by atoms with van der Waals surface area (Å²) in [5.74, 6) is 1.15. The molecule has 3 aromatic carbocycles. The third-order valence-corrected chi connectivity index (χ3v) is 8.79. The van der Waals surface area contributed by atoms with Crippen molar-refractivity contribution < 1.29 is 32.2 Å². The maximum atomic E-state index is 13.1. The van der Waals surface area contributed by atoms with Crippen LogP contribution in [-0.4, -0.2) is 51.0 Å². The van der Waals surface area contributed by atoms with Crippen molar-refractivity contribution in [2.24, 2.45) is 10.9 Å². The fourth-order valence-corrected chi connectivity index (χ4v) is 6.35. The lowest BCUT2D eigenvalue weighted by Gasteiger charge is -2.22. The van der Waals surface area contributed by atoms with Gasteiger partial charge in [0.2, 0.25) is 11.8 Å². The van der Waals surface area contributed by atoms with Crippen molar-refractivity contribution in [3.63, 3.8) is 0 Å². The molecule has 6 rings (SSSR count). The van der Waals surface area contributed by atoms with Crippen molar-refractivity contribution in [1.29, 1.82) is 0 Å². The Labute approximate surface area is 267 Å². The first-order valence-corrected chi connectivity index (χ1v) is 15.6. The van der Waals surface area contributed by atoms with Gasteiger partial charge in [-0.1, -0.05) is 55.9 Å². The monoisotopic (exact) mass is 649 g/mol. The van der Waals surface area contributed by atoms with E-state index < -0.39 is 6.36 Å². The van der Waals surface area contributed by atoms with Gasteiger partial charge in [-0.2, -0.15) is 4.99 Å². The van der Waals surface area contributed by atoms with Gasteiger partial charge in [-0.3, -0.25) is 14.5 Å². The van der Waals surface area contributed by atoms with E-state index >= 15 is 0 Å². The molecule has 2 unspecified atom stereocenters. The molecule has 1 saturated carbocycles. The maximum absolute atomic E-state index is 13.1. The van der Waals surface area contributed by atoms with Gasteiger partial charge in [0.15, 0.2) is 11.0 Å². The number of anilines is 1. The molecule has 0 spiro atoms. The number of aromatic nitrogens is 3. The molecule has 0 bridgehead atoms. The number of carbonyl (C=O) groups is 2. The molecule has 9 nitrogen and oxygen atoms in total. The van der Waals surface area contributed by atoms with Gasteiger partial charge in [0.25, 0.3) is 0 Å². The molecule has 2 heterocycles. The predicted octanol–water partition coefficient (Wildman–Crippen LogP) is 7.12. The van der Waals surface area contributed by atoms with Crippen LogP contribution in [-0.2, 0) is 9.59 Å². The molecule has 0 N–H and O–H groups in total. The number of methoxy groups -OCH3 is 1. The maximum Gasteiger partial charge on any atom is 0.573 e. The zero-order chi connectivity index (χ0) is 32.6. The molecule has 13 heteroatoms. The highest BCUT2D eigenvalue weighted by molar-refractivity contribution is 8.15. The molecule has 2 amide bonds. The molecule has 1 saturated heterocycles. The van der Waals surface area contributed by atoms with Crippen molar-refractivity contribution in [2.45, 2.75) is 44.9 Å². The summed E-state index contributed by atoms with van der Waals surface area (Å²) in [6.45, 7) is 4.10. The number of amidine groups is 1. The van der Waals surface area contributed by atoms with Gasteiger partial charge in [0, 0.05) is 18.1 Å². The highest BCUT2D eigenvalue weighted by Gasteiger charge is 2.40. The Kier molecular flexibility index (Phi) is 8.60. The fourth-order valence-electron chi connectivity index (χ4n) is 5.47. The summed E-state index contributed by atoms with van der Waals surface area (Å²) in [6.07, 6.45) is -2.12. The van der Waals surface area contributed by atoms with E-state index in [0.717, 1.165) is 23.1 Å². The largest absolute Gasteiger partial charge is 0.573 e. The smallest absolute Gasteiger partial charge is 0.497 e. The number of carbonyl (C=O) groups excluding carboxylic acids is 2. The van der Waals surface area contributed by atoms with Crippen LogP contribution < -0.4 is 14.4 Å². The van der Waals surface area contributed by atoms with E-state index in [1.54, 1.807) is 7.11 Å². The molecule has 1 aromatic heterocycles. The van der Waals surface area contributed by atoms with Crippen molar-refractivity contribution >= 4 is 34.4 Å². The number of hydrogen-bond acceptors (Lipinski definition) is 7. The van der Waals surface area contributed by atoms with Crippen LogP contribution in [0.4, 0.5) is 18.9 Å². The number of amides is 2. The number of aliphatic imine (C=N–C) groups is 1. The number of nitrogens with zero attached hydrogens (tertiary/aromatic N) is 5. The Hall–Kier alpha value is -4.65. The van der Waals surface area contributed by atoms with Crippen molar-refractivity contribution in [3.8, 4) is 28.6 Å². The molecule has 238 valence electrons. The molecule has 4 aromatic rings. The van der Waals surface area contributed by atoms with Gasteiger partial charge in [0.05, 0.1) is 24.2 Å². The minimum atomic E-state index is -4.76. The standard InChI is InChI=1S/C33H30F3N5O4S/c1-19(2)26-13-12-25(44-3)16-28(26)41-30(43)17-46-32(41)38-29(42)15-22-14-27(22)20-4-6-21(7-5-20)31-37-18-40(39-31)23-8-10-24(11-9-23)45-33(34,35)36/h4-13,16,18-19,22,27H,14-15,17H2,1-3H3. The van der Waals surface area contributed by atoms with E-state index in [4.69, 9.17) is 4.74 Å². The summed E-state index contributed by atoms with van der Waals surface area (Å²) < 4.78 is 48.1. The number of hydrogen-bond donors (Lipinski definition) is 0. The molecule has 2 fully saturated rings. The molecular weight excluding hydrogens is 619 g/mol. The predicted molar refractivity (Wildman–Crippen MR) is 168 cm³/mol. The Morgan fingerprint density at radius 3 is 2.46 bits per heavy atom. The van der Waals surface area contributed by atoms with Crippen LogP contribution in [0.2, 0.25) is 0 Å². The lowest BCUT2D eigenvalue weighted by Crippen LogP contribution is -2.31.